The Balaban J connectivity index is 1.95. The summed E-state index contributed by atoms with van der Waals surface area (Å²) < 4.78 is 0. The molecule has 12 amide bonds. The highest BCUT2D eigenvalue weighted by atomic mass is 32.2. The number of nitrogens with two attached hydrogens (primary N) is 2. The molecule has 16 N–H and O–H groups in total. The number of amides is 12. The molecule has 29 heteroatoms. The molecular weight excluding hydrogens is 1060 g/mol. The lowest BCUT2D eigenvalue weighted by molar-refractivity contribution is -0.135. The SMILES string of the molecule is CCCC(=O)N[C@@H](CSCc1cccc(CSCCC(=O)NC(C(=O)NCC(=O)N[C@@H](Cc2cnc[nH]2)C(=O)N[C@H](C(=O)NCC(=O)N[C@@H](CCC)C(=O)NCC(=O)NCC(=O)NCC(N)=O)[C@@H](C)O)C(C)(C)C)c1)C(N)=O. The molecule has 0 saturated carbocycles. The Morgan fingerprint density at radius 3 is 1.74 bits per heavy atom. The number of H-pyrrole nitrogens is 1. The number of benzene rings is 1. The minimum absolute atomic E-state index is 0.0813. The van der Waals surface area contributed by atoms with Crippen LogP contribution in [0.25, 0.3) is 0 Å². The largest absolute Gasteiger partial charge is 0.391 e. The van der Waals surface area contributed by atoms with Gasteiger partial charge in [0.25, 0.3) is 0 Å². The fraction of sp³-hybridized carbons (Fsp3) is 0.571. The maximum absolute atomic E-state index is 13.7. The van der Waals surface area contributed by atoms with Gasteiger partial charge in [0, 0.05) is 54.2 Å². The van der Waals surface area contributed by atoms with Crippen molar-refractivity contribution in [2.45, 2.75) is 128 Å². The average molecular weight is 1130 g/mol. The van der Waals surface area contributed by atoms with Gasteiger partial charge in [-0.3, -0.25) is 57.5 Å². The van der Waals surface area contributed by atoms with E-state index in [0.29, 0.717) is 48.0 Å². The molecule has 0 aliphatic heterocycles. The van der Waals surface area contributed by atoms with E-state index in [1.54, 1.807) is 27.7 Å². The molecular formula is C49H76N14O13S2. The molecule has 0 saturated heterocycles. The number of aromatic amines is 1. The van der Waals surface area contributed by atoms with Crippen LogP contribution in [-0.4, -0.2) is 167 Å². The van der Waals surface area contributed by atoms with Gasteiger partial charge >= 0.3 is 0 Å². The number of aromatic nitrogens is 2. The molecule has 1 aromatic heterocycles. The second-order valence-corrected chi connectivity index (χ2v) is 21.1. The molecule has 432 valence electrons. The third kappa shape index (κ3) is 27.2. The maximum Gasteiger partial charge on any atom is 0.245 e. The van der Waals surface area contributed by atoms with Gasteiger partial charge in [0.15, 0.2) is 0 Å². The lowest BCUT2D eigenvalue weighted by Gasteiger charge is -2.30. The summed E-state index contributed by atoms with van der Waals surface area (Å²) in [6.45, 7) is 7.18. The first kappa shape index (κ1) is 66.8. The summed E-state index contributed by atoms with van der Waals surface area (Å²) in [5, 5.41) is 34.9. The molecule has 2 aromatic rings. The third-order valence-electron chi connectivity index (χ3n) is 11.0. The molecule has 1 aromatic carbocycles. The topological polar surface area (TPSA) is 426 Å². The van der Waals surface area contributed by atoms with Gasteiger partial charge in [0.1, 0.15) is 30.2 Å². The summed E-state index contributed by atoms with van der Waals surface area (Å²) >= 11 is 2.99. The van der Waals surface area contributed by atoms with Gasteiger partial charge in [-0.1, -0.05) is 65.3 Å². The number of rotatable bonds is 36. The number of imidazole rings is 1. The molecule has 1 heterocycles. The van der Waals surface area contributed by atoms with E-state index in [2.05, 4.69) is 63.1 Å². The number of nitrogens with one attached hydrogen (secondary N) is 11. The van der Waals surface area contributed by atoms with Crippen molar-refractivity contribution in [3.63, 3.8) is 0 Å². The van der Waals surface area contributed by atoms with Crippen molar-refractivity contribution in [1.82, 2.24) is 63.1 Å². The first-order valence-electron chi connectivity index (χ1n) is 25.1. The van der Waals surface area contributed by atoms with Gasteiger partial charge in [-0.15, -0.1) is 0 Å². The van der Waals surface area contributed by atoms with Crippen molar-refractivity contribution in [3.8, 4) is 0 Å². The summed E-state index contributed by atoms with van der Waals surface area (Å²) in [4.78, 5) is 158. The second kappa shape index (κ2) is 35.2. The molecule has 0 radical (unpaired) electrons. The fourth-order valence-electron chi connectivity index (χ4n) is 6.92. The van der Waals surface area contributed by atoms with Gasteiger partial charge < -0.3 is 74.7 Å². The van der Waals surface area contributed by atoms with Crippen LogP contribution in [0.5, 0.6) is 0 Å². The Hall–Kier alpha value is -7.27. The number of aliphatic hydroxyl groups is 1. The van der Waals surface area contributed by atoms with E-state index in [4.69, 9.17) is 11.5 Å². The summed E-state index contributed by atoms with van der Waals surface area (Å²) in [5.41, 5.74) is 12.1. The zero-order chi connectivity index (χ0) is 58.4. The Labute approximate surface area is 461 Å². The van der Waals surface area contributed by atoms with Gasteiger partial charge in [-0.25, -0.2) is 4.98 Å². The van der Waals surface area contributed by atoms with E-state index in [9.17, 15) is 62.6 Å². The third-order valence-corrected chi connectivity index (χ3v) is 13.1. The van der Waals surface area contributed by atoms with Crippen molar-refractivity contribution in [2.24, 2.45) is 16.9 Å². The van der Waals surface area contributed by atoms with Gasteiger partial charge in [0.2, 0.25) is 70.9 Å². The zero-order valence-electron chi connectivity index (χ0n) is 44.8. The predicted octanol–water partition coefficient (Wildman–Crippen LogP) is -3.49. The number of nitrogens with zero attached hydrogens (tertiary/aromatic N) is 1. The first-order chi connectivity index (χ1) is 36.8. The smallest absolute Gasteiger partial charge is 0.245 e. The van der Waals surface area contributed by atoms with Crippen molar-refractivity contribution in [1.29, 1.82) is 0 Å². The molecule has 0 fully saturated rings. The molecule has 6 atom stereocenters. The van der Waals surface area contributed by atoms with Crippen LogP contribution in [0.4, 0.5) is 0 Å². The summed E-state index contributed by atoms with van der Waals surface area (Å²) in [5.74, 6) is -6.54. The molecule has 0 aliphatic carbocycles. The number of carbonyl (C=O) groups excluding carboxylic acids is 12. The molecule has 0 spiro atoms. The number of hydrogen-bond donors (Lipinski definition) is 14. The van der Waals surface area contributed by atoms with E-state index in [1.807, 2.05) is 31.2 Å². The predicted molar refractivity (Wildman–Crippen MR) is 290 cm³/mol. The quantitative estimate of drug-likeness (QED) is 0.0295. The standard InChI is InChI=1S/C49H76N14O13S2/c1-7-10-32(45(73)55-21-39(69)54-20-38(68)53-19-35(50)65)59-40(70)22-56-47(75)42(28(3)64)63-46(74)33(17-31-18-52-27-58-31)60-41(71)23-57-48(76)43(49(4,5)6)62-37(67)14-15-77-24-29-12-9-13-30(16-29)25-78-26-34(44(51)72)61-36(66)11-8-2/h9,12-13,16,18,27-28,32-34,42-43,64H,7-8,10-11,14-15,17,19-26H2,1-6H3,(H2,50,65)(H2,51,72)(H,52,58)(H,53,68)(H,54,69)(H,55,73)(H,56,75)(H,57,76)(H,59,70)(H,60,71)(H,61,66)(H,62,67)(H,63,74)/t28-,32+,33+,34+,42+,43?/m1/s1. The lowest BCUT2D eigenvalue weighted by Crippen LogP contribution is -2.59. The van der Waals surface area contributed by atoms with Crippen LogP contribution in [0.3, 0.4) is 0 Å². The van der Waals surface area contributed by atoms with Crippen LogP contribution in [0.15, 0.2) is 36.8 Å². The van der Waals surface area contributed by atoms with Crippen molar-refractivity contribution < 1.29 is 62.6 Å². The lowest BCUT2D eigenvalue weighted by atomic mass is 9.86. The Morgan fingerprint density at radius 2 is 1.18 bits per heavy atom. The van der Waals surface area contributed by atoms with E-state index in [-0.39, 0.29) is 25.2 Å². The minimum Gasteiger partial charge on any atom is -0.391 e. The first-order valence-corrected chi connectivity index (χ1v) is 27.4. The fourth-order valence-corrected chi connectivity index (χ4v) is 8.82. The van der Waals surface area contributed by atoms with Crippen LogP contribution in [0.1, 0.15) is 90.5 Å². The normalized spacial score (nSPS) is 13.3. The van der Waals surface area contributed by atoms with Crippen molar-refractivity contribution in [2.75, 3.05) is 44.2 Å². The maximum atomic E-state index is 13.7. The molecule has 1 unspecified atom stereocenters. The van der Waals surface area contributed by atoms with E-state index >= 15 is 0 Å². The summed E-state index contributed by atoms with van der Waals surface area (Å²) in [6, 6.07) is 1.80. The highest BCUT2D eigenvalue weighted by Crippen LogP contribution is 2.21. The van der Waals surface area contributed by atoms with Crippen molar-refractivity contribution >= 4 is 94.4 Å². The van der Waals surface area contributed by atoms with E-state index < -0.39 is 139 Å². The van der Waals surface area contributed by atoms with Crippen LogP contribution in [-0.2, 0) is 75.5 Å². The van der Waals surface area contributed by atoms with Crippen LogP contribution in [0.2, 0.25) is 0 Å². The Kier molecular flexibility index (Phi) is 30.2. The van der Waals surface area contributed by atoms with E-state index in [1.165, 1.54) is 43.0 Å². The average Bonchev–Trinajstić information content (AvgIpc) is 3.89. The second-order valence-electron chi connectivity index (χ2n) is 19.0. The molecule has 27 nitrogen and oxygen atoms in total. The van der Waals surface area contributed by atoms with Gasteiger partial charge in [-0.2, -0.15) is 23.5 Å². The molecule has 78 heavy (non-hydrogen) atoms. The number of hydrogen-bond acceptors (Lipinski definition) is 16. The molecule has 0 aliphatic rings. The highest BCUT2D eigenvalue weighted by Gasteiger charge is 2.34. The van der Waals surface area contributed by atoms with E-state index in [0.717, 1.165) is 11.1 Å². The molecule has 0 bridgehead atoms. The highest BCUT2D eigenvalue weighted by molar-refractivity contribution is 7.98. The minimum atomic E-state index is -1.66. The zero-order valence-corrected chi connectivity index (χ0v) is 46.4. The number of carbonyl (C=O) groups is 12. The van der Waals surface area contributed by atoms with Gasteiger partial charge in [0.05, 0.1) is 45.2 Å². The monoisotopic (exact) mass is 1130 g/mol. The van der Waals surface area contributed by atoms with Crippen LogP contribution < -0.4 is 64.6 Å². The number of thioether (sulfide) groups is 2. The Morgan fingerprint density at radius 1 is 0.628 bits per heavy atom. The van der Waals surface area contributed by atoms with Crippen LogP contribution in [0, 0.1) is 5.41 Å². The van der Waals surface area contributed by atoms with Gasteiger partial charge in [-0.05, 0) is 36.3 Å². The Bertz CT molecular complexity index is 2370. The summed E-state index contributed by atoms with van der Waals surface area (Å²) in [7, 11) is 0. The number of aliphatic hydroxyl groups excluding tert-OH is 1. The van der Waals surface area contributed by atoms with Crippen LogP contribution >= 0.6 is 23.5 Å². The van der Waals surface area contributed by atoms with Crippen molar-refractivity contribution in [3.05, 3.63) is 53.6 Å². The number of primary amides is 2. The molecule has 2 rings (SSSR count). The summed E-state index contributed by atoms with van der Waals surface area (Å²) in [6.07, 6.45) is 2.60.